The Hall–Kier alpha value is -3.35. The molecule has 25 heavy (non-hydrogen) atoms. The average molecular weight is 339 g/mol. The van der Waals surface area contributed by atoms with E-state index in [9.17, 15) is 14.4 Å². The van der Waals surface area contributed by atoms with Gasteiger partial charge < -0.3 is 20.3 Å². The summed E-state index contributed by atoms with van der Waals surface area (Å²) in [6.07, 6.45) is 0. The van der Waals surface area contributed by atoms with E-state index in [1.165, 1.54) is 11.8 Å². The minimum absolute atomic E-state index is 0.00894. The number of ether oxygens (including phenoxy) is 1. The van der Waals surface area contributed by atoms with E-state index in [0.29, 0.717) is 28.4 Å². The Labute approximate surface area is 144 Å². The summed E-state index contributed by atoms with van der Waals surface area (Å²) in [6.45, 7) is 1.41. The lowest BCUT2D eigenvalue weighted by Gasteiger charge is -2.26. The summed E-state index contributed by atoms with van der Waals surface area (Å²) in [5, 5.41) is 5.43. The summed E-state index contributed by atoms with van der Waals surface area (Å²) in [4.78, 5) is 36.8. The van der Waals surface area contributed by atoms with Crippen LogP contribution >= 0.6 is 0 Å². The van der Waals surface area contributed by atoms with Gasteiger partial charge in [-0.05, 0) is 36.4 Å². The third kappa shape index (κ3) is 3.60. The van der Waals surface area contributed by atoms with Gasteiger partial charge in [0, 0.05) is 30.9 Å². The first-order chi connectivity index (χ1) is 11.9. The fourth-order valence-electron chi connectivity index (χ4n) is 2.49. The highest BCUT2D eigenvalue weighted by Crippen LogP contribution is 2.32. The first kappa shape index (κ1) is 16.5. The number of nitrogens with one attached hydrogen (secondary N) is 2. The molecule has 2 aromatic carbocycles. The van der Waals surface area contributed by atoms with Crippen molar-refractivity contribution in [1.82, 2.24) is 0 Å². The zero-order valence-corrected chi connectivity index (χ0v) is 13.8. The first-order valence-corrected chi connectivity index (χ1v) is 7.66. The fraction of sp³-hybridized carbons (Fsp3) is 0.167. The molecule has 3 rings (SSSR count). The zero-order valence-electron chi connectivity index (χ0n) is 13.8. The molecule has 7 nitrogen and oxygen atoms in total. The Morgan fingerprint density at radius 3 is 2.52 bits per heavy atom. The predicted octanol–water partition coefficient (Wildman–Crippen LogP) is 2.25. The molecule has 0 radical (unpaired) electrons. The Kier molecular flexibility index (Phi) is 4.38. The number of hydrogen-bond acceptors (Lipinski definition) is 4. The number of amides is 3. The van der Waals surface area contributed by atoms with Crippen LogP contribution in [0.25, 0.3) is 0 Å². The van der Waals surface area contributed by atoms with Gasteiger partial charge in [0.25, 0.3) is 11.8 Å². The molecule has 3 amide bonds. The molecule has 0 spiro atoms. The normalized spacial score (nSPS) is 12.9. The topological polar surface area (TPSA) is 87.7 Å². The molecule has 0 fully saturated rings. The molecule has 2 aromatic rings. The number of benzene rings is 2. The van der Waals surface area contributed by atoms with Crippen molar-refractivity contribution in [2.45, 2.75) is 6.92 Å². The van der Waals surface area contributed by atoms with Crippen molar-refractivity contribution < 1.29 is 19.1 Å². The highest BCUT2D eigenvalue weighted by molar-refractivity contribution is 6.06. The maximum absolute atomic E-state index is 12.5. The summed E-state index contributed by atoms with van der Waals surface area (Å²) < 4.78 is 5.35. The molecule has 128 valence electrons. The summed E-state index contributed by atoms with van der Waals surface area (Å²) in [7, 11) is 1.64. The lowest BCUT2D eigenvalue weighted by atomic mass is 10.1. The van der Waals surface area contributed by atoms with Crippen LogP contribution in [-0.2, 0) is 9.59 Å². The molecule has 0 saturated heterocycles. The molecule has 1 aliphatic heterocycles. The third-order valence-corrected chi connectivity index (χ3v) is 3.75. The van der Waals surface area contributed by atoms with Crippen LogP contribution < -0.4 is 20.3 Å². The lowest BCUT2D eigenvalue weighted by Crippen LogP contribution is -2.35. The summed E-state index contributed by atoms with van der Waals surface area (Å²) >= 11 is 0. The molecule has 2 N–H and O–H groups in total. The van der Waals surface area contributed by atoms with Gasteiger partial charge in [-0.3, -0.25) is 14.4 Å². The molecule has 1 aliphatic rings. The van der Waals surface area contributed by atoms with Crippen molar-refractivity contribution in [2.75, 3.05) is 29.2 Å². The maximum atomic E-state index is 12.5. The van der Waals surface area contributed by atoms with E-state index in [1.807, 2.05) is 0 Å². The molecule has 1 heterocycles. The smallest absolute Gasteiger partial charge is 0.264 e. The van der Waals surface area contributed by atoms with E-state index in [-0.39, 0.29) is 24.3 Å². The molecule has 0 aromatic heterocycles. The van der Waals surface area contributed by atoms with Crippen molar-refractivity contribution in [3.05, 3.63) is 48.0 Å². The van der Waals surface area contributed by atoms with Crippen LogP contribution in [0, 0.1) is 0 Å². The zero-order chi connectivity index (χ0) is 18.0. The van der Waals surface area contributed by atoms with E-state index >= 15 is 0 Å². The monoisotopic (exact) mass is 339 g/mol. The van der Waals surface area contributed by atoms with Gasteiger partial charge in [0.2, 0.25) is 5.91 Å². The summed E-state index contributed by atoms with van der Waals surface area (Å²) in [5.41, 5.74) is 2.09. The molecule has 0 unspecified atom stereocenters. The predicted molar refractivity (Wildman–Crippen MR) is 94.0 cm³/mol. The number of likely N-dealkylation sites (N-methyl/N-ethyl adjacent to an activating group) is 1. The van der Waals surface area contributed by atoms with E-state index < -0.39 is 0 Å². The van der Waals surface area contributed by atoms with Crippen molar-refractivity contribution in [3.8, 4) is 5.75 Å². The van der Waals surface area contributed by atoms with Crippen molar-refractivity contribution >= 4 is 34.8 Å². The second-order valence-corrected chi connectivity index (χ2v) is 5.64. The third-order valence-electron chi connectivity index (χ3n) is 3.75. The molecule has 0 aliphatic carbocycles. The Morgan fingerprint density at radius 1 is 1.08 bits per heavy atom. The number of nitrogens with zero attached hydrogens (tertiary/aromatic N) is 1. The SMILES string of the molecule is CC(=O)Nc1cccc(NC(=O)c2ccc3c(c2)N(C)C(=O)CO3)c1. The van der Waals surface area contributed by atoms with Gasteiger partial charge in [0.05, 0.1) is 5.69 Å². The van der Waals surface area contributed by atoms with E-state index in [1.54, 1.807) is 49.5 Å². The second kappa shape index (κ2) is 6.64. The number of hydrogen-bond donors (Lipinski definition) is 2. The molecule has 0 bridgehead atoms. The van der Waals surface area contributed by atoms with Crippen LogP contribution in [0.2, 0.25) is 0 Å². The van der Waals surface area contributed by atoms with Crippen LogP contribution in [0.1, 0.15) is 17.3 Å². The van der Waals surface area contributed by atoms with E-state index in [0.717, 1.165) is 0 Å². The van der Waals surface area contributed by atoms with E-state index in [4.69, 9.17) is 4.74 Å². The minimum atomic E-state index is -0.325. The van der Waals surface area contributed by atoms with Crippen molar-refractivity contribution in [1.29, 1.82) is 0 Å². The van der Waals surface area contributed by atoms with Gasteiger partial charge in [-0.1, -0.05) is 6.07 Å². The van der Waals surface area contributed by atoms with Gasteiger partial charge in [-0.2, -0.15) is 0 Å². The first-order valence-electron chi connectivity index (χ1n) is 7.66. The van der Waals surface area contributed by atoms with Crippen LogP contribution in [-0.4, -0.2) is 31.4 Å². The number of carbonyl (C=O) groups is 3. The number of rotatable bonds is 3. The summed E-state index contributed by atoms with van der Waals surface area (Å²) in [5.74, 6) is -0.126. The lowest BCUT2D eigenvalue weighted by molar-refractivity contribution is -0.121. The Bertz CT molecular complexity index is 863. The largest absolute Gasteiger partial charge is 0.482 e. The van der Waals surface area contributed by atoms with Crippen molar-refractivity contribution in [3.63, 3.8) is 0 Å². The Morgan fingerprint density at radius 2 is 1.80 bits per heavy atom. The van der Waals surface area contributed by atoms with Gasteiger partial charge in [0.1, 0.15) is 5.75 Å². The van der Waals surface area contributed by atoms with Crippen LogP contribution in [0.3, 0.4) is 0 Å². The number of fused-ring (bicyclic) bond motifs is 1. The van der Waals surface area contributed by atoms with Gasteiger partial charge in [-0.25, -0.2) is 0 Å². The quantitative estimate of drug-likeness (QED) is 0.898. The second-order valence-electron chi connectivity index (χ2n) is 5.64. The van der Waals surface area contributed by atoms with Crippen LogP contribution in [0.5, 0.6) is 5.75 Å². The highest BCUT2D eigenvalue weighted by atomic mass is 16.5. The molecular formula is C18H17N3O4. The fourth-order valence-corrected chi connectivity index (χ4v) is 2.49. The number of anilines is 3. The summed E-state index contributed by atoms with van der Waals surface area (Å²) in [6, 6.07) is 11.8. The molecule has 0 atom stereocenters. The van der Waals surface area contributed by atoms with Gasteiger partial charge in [0.15, 0.2) is 6.61 Å². The highest BCUT2D eigenvalue weighted by Gasteiger charge is 2.23. The Balaban J connectivity index is 1.80. The maximum Gasteiger partial charge on any atom is 0.264 e. The van der Waals surface area contributed by atoms with Crippen LogP contribution in [0.4, 0.5) is 17.1 Å². The molecule has 0 saturated carbocycles. The van der Waals surface area contributed by atoms with Crippen molar-refractivity contribution in [2.24, 2.45) is 0 Å². The minimum Gasteiger partial charge on any atom is -0.482 e. The molecule has 7 heteroatoms. The number of carbonyl (C=O) groups excluding carboxylic acids is 3. The molecular weight excluding hydrogens is 322 g/mol. The van der Waals surface area contributed by atoms with Gasteiger partial charge >= 0.3 is 0 Å². The van der Waals surface area contributed by atoms with E-state index in [2.05, 4.69) is 10.6 Å². The van der Waals surface area contributed by atoms with Crippen LogP contribution in [0.15, 0.2) is 42.5 Å². The standard InChI is InChI=1S/C18H17N3O4/c1-11(22)19-13-4-3-5-14(9-13)20-18(24)12-6-7-16-15(8-12)21(2)17(23)10-25-16/h3-9H,10H2,1-2H3,(H,19,22)(H,20,24). The van der Waals surface area contributed by atoms with Gasteiger partial charge in [-0.15, -0.1) is 0 Å². The average Bonchev–Trinajstić information content (AvgIpc) is 2.57.